The van der Waals surface area contributed by atoms with Crippen LogP contribution in [0, 0.1) is 0 Å². The summed E-state index contributed by atoms with van der Waals surface area (Å²) in [6.45, 7) is 0.328. The number of amides is 1. The molecular formula is C27H25F2N3O4S. The van der Waals surface area contributed by atoms with Crippen LogP contribution in [0.15, 0.2) is 71.8 Å². The summed E-state index contributed by atoms with van der Waals surface area (Å²) in [5.74, 6) is -0.544. The van der Waals surface area contributed by atoms with E-state index in [4.69, 9.17) is 9.72 Å². The molecule has 2 unspecified atom stereocenters. The minimum atomic E-state index is -3.32. The molecule has 2 aromatic heterocycles. The van der Waals surface area contributed by atoms with Crippen molar-refractivity contribution in [3.8, 4) is 16.9 Å². The van der Waals surface area contributed by atoms with Gasteiger partial charge in [-0.2, -0.15) is 8.78 Å². The summed E-state index contributed by atoms with van der Waals surface area (Å²) in [6, 6.07) is 17.0. The number of fused-ring (bicyclic) bond motifs is 3. The van der Waals surface area contributed by atoms with Crippen LogP contribution in [0.1, 0.15) is 43.1 Å². The van der Waals surface area contributed by atoms with Crippen molar-refractivity contribution in [1.82, 2.24) is 14.7 Å². The van der Waals surface area contributed by atoms with Gasteiger partial charge < -0.3 is 14.5 Å². The lowest BCUT2D eigenvalue weighted by molar-refractivity contribution is -0.120. The van der Waals surface area contributed by atoms with Crippen molar-refractivity contribution < 1.29 is 26.7 Å². The molecule has 2 aromatic carbocycles. The highest BCUT2D eigenvalue weighted by molar-refractivity contribution is 7.90. The first-order chi connectivity index (χ1) is 17.5. The standard InChI is InChI=1S/C27H25F2N3O4S/c1-16(33)31-27(2)14-21(20-6-4-5-7-22(20)36-26(28)29)24-25(27)30-23-13-10-18(15-32(23)24)17-8-11-19(12-9-17)37(3,34)35/h4-13,15,21,26H,14H2,1-3H3,(H,31,33). The summed E-state index contributed by atoms with van der Waals surface area (Å²) in [7, 11) is -3.32. The molecular weight excluding hydrogens is 500 g/mol. The first kappa shape index (κ1) is 24.9. The molecule has 0 saturated carbocycles. The summed E-state index contributed by atoms with van der Waals surface area (Å²) in [5.41, 5.74) is 3.43. The average molecular weight is 526 g/mol. The van der Waals surface area contributed by atoms with Crippen LogP contribution in [-0.2, 0) is 20.2 Å². The number of carbonyl (C=O) groups excluding carboxylic acids is 1. The minimum absolute atomic E-state index is 0.0722. The van der Waals surface area contributed by atoms with Gasteiger partial charge in [-0.15, -0.1) is 0 Å². The van der Waals surface area contributed by atoms with Gasteiger partial charge in [0.05, 0.1) is 21.8 Å². The molecule has 1 aliphatic rings. The van der Waals surface area contributed by atoms with Gasteiger partial charge in [0, 0.05) is 30.9 Å². The molecule has 37 heavy (non-hydrogen) atoms. The van der Waals surface area contributed by atoms with Crippen LogP contribution in [-0.4, -0.2) is 36.6 Å². The van der Waals surface area contributed by atoms with E-state index in [-0.39, 0.29) is 22.5 Å². The van der Waals surface area contributed by atoms with E-state index < -0.39 is 22.0 Å². The van der Waals surface area contributed by atoms with Crippen LogP contribution in [0.4, 0.5) is 8.78 Å². The van der Waals surface area contributed by atoms with Gasteiger partial charge in [0.1, 0.15) is 11.4 Å². The second-order valence-corrected chi connectivity index (χ2v) is 11.5. The summed E-state index contributed by atoms with van der Waals surface area (Å²) >= 11 is 0. The van der Waals surface area contributed by atoms with Crippen LogP contribution in [0.5, 0.6) is 5.75 Å². The summed E-state index contributed by atoms with van der Waals surface area (Å²) in [4.78, 5) is 17.2. The van der Waals surface area contributed by atoms with E-state index in [0.717, 1.165) is 23.1 Å². The average Bonchev–Trinajstić information content (AvgIpc) is 3.33. The molecule has 7 nitrogen and oxygen atoms in total. The van der Waals surface area contributed by atoms with Crippen molar-refractivity contribution >= 4 is 21.4 Å². The normalized spacial score (nSPS) is 19.2. The Morgan fingerprint density at radius 3 is 2.43 bits per heavy atom. The Morgan fingerprint density at radius 2 is 1.78 bits per heavy atom. The quantitative estimate of drug-likeness (QED) is 0.387. The fraction of sp³-hybridized carbons (Fsp3) is 0.259. The van der Waals surface area contributed by atoms with E-state index in [1.807, 2.05) is 29.7 Å². The van der Waals surface area contributed by atoms with E-state index in [1.165, 1.54) is 13.0 Å². The number of nitrogens with one attached hydrogen (secondary N) is 1. The number of nitrogens with zero attached hydrogens (tertiary/aromatic N) is 2. The monoisotopic (exact) mass is 525 g/mol. The van der Waals surface area contributed by atoms with Crippen LogP contribution in [0.25, 0.3) is 16.8 Å². The van der Waals surface area contributed by atoms with Crippen molar-refractivity contribution in [2.75, 3.05) is 6.26 Å². The van der Waals surface area contributed by atoms with Gasteiger partial charge in [-0.3, -0.25) is 4.79 Å². The third-order valence-electron chi connectivity index (χ3n) is 6.70. The molecule has 2 atom stereocenters. The summed E-state index contributed by atoms with van der Waals surface area (Å²) in [5, 5.41) is 3.00. The van der Waals surface area contributed by atoms with Gasteiger partial charge in [-0.1, -0.05) is 30.3 Å². The van der Waals surface area contributed by atoms with E-state index >= 15 is 0 Å². The maximum Gasteiger partial charge on any atom is 0.387 e. The number of ether oxygens (including phenoxy) is 1. The molecule has 2 heterocycles. The Morgan fingerprint density at radius 1 is 1.11 bits per heavy atom. The fourth-order valence-electron chi connectivity index (χ4n) is 5.20. The van der Waals surface area contributed by atoms with Crippen molar-refractivity contribution in [2.45, 2.75) is 43.2 Å². The topological polar surface area (TPSA) is 89.8 Å². The summed E-state index contributed by atoms with van der Waals surface area (Å²) in [6.07, 6.45) is 3.45. The molecule has 0 saturated heterocycles. The third kappa shape index (κ3) is 4.57. The zero-order valence-electron chi connectivity index (χ0n) is 20.4. The number of para-hydroxylation sites is 1. The second-order valence-electron chi connectivity index (χ2n) is 9.47. The Balaban J connectivity index is 1.68. The predicted octanol–water partition coefficient (Wildman–Crippen LogP) is 4.89. The molecule has 0 aliphatic heterocycles. The Bertz CT molecular complexity index is 1620. The van der Waals surface area contributed by atoms with Crippen molar-refractivity contribution in [3.05, 3.63) is 83.8 Å². The largest absolute Gasteiger partial charge is 0.435 e. The van der Waals surface area contributed by atoms with E-state index in [1.54, 1.807) is 42.5 Å². The van der Waals surface area contributed by atoms with Crippen molar-refractivity contribution in [1.29, 1.82) is 0 Å². The molecule has 5 rings (SSSR count). The molecule has 0 spiro atoms. The molecule has 0 fully saturated rings. The zero-order chi connectivity index (χ0) is 26.5. The number of imidazole rings is 1. The number of halogens is 2. The van der Waals surface area contributed by atoms with Crippen molar-refractivity contribution in [2.24, 2.45) is 0 Å². The lowest BCUT2D eigenvalue weighted by Crippen LogP contribution is -2.41. The Labute approximate surface area is 213 Å². The van der Waals surface area contributed by atoms with Gasteiger partial charge in [-0.25, -0.2) is 13.4 Å². The van der Waals surface area contributed by atoms with Crippen LogP contribution >= 0.6 is 0 Å². The molecule has 4 aromatic rings. The number of benzene rings is 2. The smallest absolute Gasteiger partial charge is 0.387 e. The molecule has 192 valence electrons. The van der Waals surface area contributed by atoms with Gasteiger partial charge >= 0.3 is 6.61 Å². The van der Waals surface area contributed by atoms with E-state index in [9.17, 15) is 22.0 Å². The van der Waals surface area contributed by atoms with Gasteiger partial charge in [0.2, 0.25) is 5.91 Å². The number of alkyl halides is 2. The van der Waals surface area contributed by atoms with E-state index in [2.05, 4.69) is 5.32 Å². The van der Waals surface area contributed by atoms with Gasteiger partial charge in [0.25, 0.3) is 0 Å². The molecule has 10 heteroatoms. The molecule has 1 amide bonds. The number of sulfone groups is 1. The lowest BCUT2D eigenvalue weighted by Gasteiger charge is -2.26. The SMILES string of the molecule is CC(=O)NC1(C)CC(c2ccccc2OC(F)F)c2c1nc1ccc(-c3ccc(S(C)(=O)=O)cc3)cn21. The molecule has 1 aliphatic carbocycles. The molecule has 0 bridgehead atoms. The van der Waals surface area contributed by atoms with Crippen LogP contribution in [0.3, 0.4) is 0 Å². The predicted molar refractivity (Wildman–Crippen MR) is 134 cm³/mol. The summed E-state index contributed by atoms with van der Waals surface area (Å²) < 4.78 is 56.9. The highest BCUT2D eigenvalue weighted by Crippen LogP contribution is 2.49. The highest BCUT2D eigenvalue weighted by atomic mass is 32.2. The number of aromatic nitrogens is 2. The maximum atomic E-state index is 13.2. The first-order valence-electron chi connectivity index (χ1n) is 11.6. The third-order valence-corrected chi connectivity index (χ3v) is 7.83. The van der Waals surface area contributed by atoms with Crippen molar-refractivity contribution in [3.63, 3.8) is 0 Å². The minimum Gasteiger partial charge on any atom is -0.435 e. The number of pyridine rings is 1. The van der Waals surface area contributed by atoms with Crippen LogP contribution in [0.2, 0.25) is 0 Å². The Kier molecular flexibility index (Phi) is 6.02. The number of rotatable bonds is 6. The number of carbonyl (C=O) groups is 1. The van der Waals surface area contributed by atoms with Crippen LogP contribution < -0.4 is 10.1 Å². The fourth-order valence-corrected chi connectivity index (χ4v) is 5.83. The maximum absolute atomic E-state index is 13.2. The Hall–Kier alpha value is -3.79. The molecule has 0 radical (unpaired) electrons. The highest BCUT2D eigenvalue weighted by Gasteiger charge is 2.46. The number of hydrogen-bond donors (Lipinski definition) is 1. The van der Waals surface area contributed by atoms with Gasteiger partial charge in [-0.05, 0) is 54.8 Å². The second kappa shape index (κ2) is 8.95. The lowest BCUT2D eigenvalue weighted by atomic mass is 9.91. The van der Waals surface area contributed by atoms with Gasteiger partial charge in [0.15, 0.2) is 9.84 Å². The number of hydrogen-bond acceptors (Lipinski definition) is 5. The van der Waals surface area contributed by atoms with E-state index in [0.29, 0.717) is 23.3 Å². The zero-order valence-corrected chi connectivity index (χ0v) is 21.2. The molecule has 1 N–H and O–H groups in total. The first-order valence-corrected chi connectivity index (χ1v) is 13.5.